The number of benzene rings is 1. The number of rotatable bonds is 8. The van der Waals surface area contributed by atoms with Crippen LogP contribution in [-0.4, -0.2) is 38.8 Å². The molecule has 146 valence electrons. The first-order valence-electron chi connectivity index (χ1n) is 8.11. The van der Waals surface area contributed by atoms with Crippen LogP contribution >= 0.6 is 0 Å². The van der Waals surface area contributed by atoms with Crippen LogP contribution in [0.3, 0.4) is 0 Å². The van der Waals surface area contributed by atoms with E-state index in [-0.39, 0.29) is 12.3 Å². The molecular weight excluding hydrogens is 358 g/mol. The van der Waals surface area contributed by atoms with Crippen molar-refractivity contribution in [3.63, 3.8) is 0 Å². The van der Waals surface area contributed by atoms with Crippen molar-refractivity contribution in [3.05, 3.63) is 47.7 Å². The van der Waals surface area contributed by atoms with Gasteiger partial charge in [0.1, 0.15) is 11.5 Å². The van der Waals surface area contributed by atoms with Gasteiger partial charge in [0.15, 0.2) is 5.96 Å². The van der Waals surface area contributed by atoms with Gasteiger partial charge in [0.05, 0.1) is 14.2 Å². The van der Waals surface area contributed by atoms with E-state index in [0.29, 0.717) is 29.7 Å². The van der Waals surface area contributed by atoms with Crippen LogP contribution in [0.2, 0.25) is 0 Å². The number of methoxy groups -OCH3 is 2. The molecule has 0 unspecified atom stereocenters. The Kier molecular flexibility index (Phi) is 7.60. The summed E-state index contributed by atoms with van der Waals surface area (Å²) in [5.74, 6) is 1.65. The Balaban J connectivity index is 1.98. The van der Waals surface area contributed by atoms with Crippen LogP contribution in [0.25, 0.3) is 0 Å². The molecule has 2 N–H and O–H groups in total. The van der Waals surface area contributed by atoms with Crippen molar-refractivity contribution in [1.82, 2.24) is 15.6 Å². The zero-order valence-electron chi connectivity index (χ0n) is 15.3. The Morgan fingerprint density at radius 1 is 1.11 bits per heavy atom. The van der Waals surface area contributed by atoms with E-state index < -0.39 is 6.61 Å². The Morgan fingerprint density at radius 3 is 2.48 bits per heavy atom. The van der Waals surface area contributed by atoms with E-state index in [0.717, 1.165) is 5.56 Å². The highest BCUT2D eigenvalue weighted by molar-refractivity contribution is 5.79. The molecule has 0 bridgehead atoms. The second-order valence-corrected chi connectivity index (χ2v) is 5.34. The Bertz CT molecular complexity index is 755. The van der Waals surface area contributed by atoms with Gasteiger partial charge < -0.3 is 24.8 Å². The number of hydrogen-bond acceptors (Lipinski definition) is 5. The lowest BCUT2D eigenvalue weighted by atomic mass is 10.2. The highest BCUT2D eigenvalue weighted by Crippen LogP contribution is 2.25. The van der Waals surface area contributed by atoms with Crippen molar-refractivity contribution >= 4 is 5.96 Å². The number of aromatic nitrogens is 1. The molecule has 0 radical (unpaired) electrons. The van der Waals surface area contributed by atoms with Crippen LogP contribution in [0.5, 0.6) is 17.4 Å². The summed E-state index contributed by atoms with van der Waals surface area (Å²) in [6.45, 7) is -2.20. The maximum atomic E-state index is 12.6. The van der Waals surface area contributed by atoms with E-state index in [9.17, 15) is 8.78 Å². The van der Waals surface area contributed by atoms with Crippen LogP contribution in [-0.2, 0) is 13.1 Å². The summed E-state index contributed by atoms with van der Waals surface area (Å²) in [5.41, 5.74) is 1.45. The van der Waals surface area contributed by atoms with Crippen molar-refractivity contribution < 1.29 is 23.0 Å². The molecule has 1 aromatic heterocycles. The van der Waals surface area contributed by atoms with Gasteiger partial charge in [-0.2, -0.15) is 8.78 Å². The first-order valence-corrected chi connectivity index (χ1v) is 8.11. The van der Waals surface area contributed by atoms with Crippen molar-refractivity contribution in [1.29, 1.82) is 0 Å². The molecule has 0 aliphatic rings. The fourth-order valence-corrected chi connectivity index (χ4v) is 2.25. The van der Waals surface area contributed by atoms with Gasteiger partial charge >= 0.3 is 6.61 Å². The Labute approximate surface area is 156 Å². The molecule has 0 aliphatic heterocycles. The summed E-state index contributed by atoms with van der Waals surface area (Å²) < 4.78 is 39.9. The molecule has 1 aromatic carbocycles. The highest BCUT2D eigenvalue weighted by atomic mass is 19.3. The summed E-state index contributed by atoms with van der Waals surface area (Å²) in [4.78, 5) is 8.24. The van der Waals surface area contributed by atoms with Crippen molar-refractivity contribution in [3.8, 4) is 17.4 Å². The average molecular weight is 380 g/mol. The molecule has 27 heavy (non-hydrogen) atoms. The molecule has 0 fully saturated rings. The molecule has 0 saturated carbocycles. The number of guanidine groups is 1. The van der Waals surface area contributed by atoms with E-state index in [1.54, 1.807) is 38.6 Å². The number of halogens is 2. The number of hydrogen-bond donors (Lipinski definition) is 2. The van der Waals surface area contributed by atoms with E-state index in [4.69, 9.17) is 9.47 Å². The highest BCUT2D eigenvalue weighted by Gasteiger charge is 2.11. The minimum atomic E-state index is -2.91. The lowest BCUT2D eigenvalue weighted by molar-refractivity contribution is -0.0504. The zero-order valence-corrected chi connectivity index (χ0v) is 15.3. The molecule has 0 amide bonds. The lowest BCUT2D eigenvalue weighted by Crippen LogP contribution is -2.36. The van der Waals surface area contributed by atoms with Crippen molar-refractivity contribution in [2.75, 3.05) is 21.3 Å². The molecule has 0 aliphatic carbocycles. The summed E-state index contributed by atoms with van der Waals surface area (Å²) in [7, 11) is 4.67. The number of ether oxygens (including phenoxy) is 3. The fourth-order valence-electron chi connectivity index (χ4n) is 2.25. The Hall–Kier alpha value is -3.10. The maximum Gasteiger partial charge on any atom is 0.387 e. The normalized spacial score (nSPS) is 11.3. The molecular formula is C18H22F2N4O3. The number of pyridine rings is 1. The van der Waals surface area contributed by atoms with Crippen molar-refractivity contribution in [2.24, 2.45) is 4.99 Å². The van der Waals surface area contributed by atoms with Gasteiger partial charge in [-0.1, -0.05) is 6.07 Å². The fraction of sp³-hybridized carbons (Fsp3) is 0.333. The van der Waals surface area contributed by atoms with Crippen LogP contribution in [0.4, 0.5) is 8.78 Å². The average Bonchev–Trinajstić information content (AvgIpc) is 2.69. The summed E-state index contributed by atoms with van der Waals surface area (Å²) in [5, 5.41) is 6.18. The van der Waals surface area contributed by atoms with Crippen LogP contribution in [0.1, 0.15) is 11.1 Å². The second-order valence-electron chi connectivity index (χ2n) is 5.34. The summed E-state index contributed by atoms with van der Waals surface area (Å²) in [6.07, 6.45) is 1.69. The van der Waals surface area contributed by atoms with Crippen LogP contribution in [0, 0.1) is 0 Å². The zero-order chi connectivity index (χ0) is 19.6. The van der Waals surface area contributed by atoms with E-state index in [1.807, 2.05) is 6.07 Å². The molecule has 1 heterocycles. The number of nitrogens with zero attached hydrogens (tertiary/aromatic N) is 2. The van der Waals surface area contributed by atoms with E-state index in [1.165, 1.54) is 13.2 Å². The first-order chi connectivity index (χ1) is 13.0. The predicted octanol–water partition coefficient (Wildman–Crippen LogP) is 2.57. The van der Waals surface area contributed by atoms with E-state index >= 15 is 0 Å². The smallest absolute Gasteiger partial charge is 0.387 e. The third-order valence-electron chi connectivity index (χ3n) is 3.62. The minimum Gasteiger partial charge on any atom is -0.497 e. The predicted molar refractivity (Wildman–Crippen MR) is 97.5 cm³/mol. The van der Waals surface area contributed by atoms with Gasteiger partial charge in [0.25, 0.3) is 0 Å². The second kappa shape index (κ2) is 10.1. The van der Waals surface area contributed by atoms with Gasteiger partial charge in [-0.05, 0) is 23.8 Å². The molecule has 7 nitrogen and oxygen atoms in total. The third kappa shape index (κ3) is 6.28. The van der Waals surface area contributed by atoms with E-state index in [2.05, 4.69) is 25.3 Å². The van der Waals surface area contributed by atoms with Gasteiger partial charge in [-0.3, -0.25) is 4.99 Å². The Morgan fingerprint density at radius 2 is 1.89 bits per heavy atom. The molecule has 0 saturated heterocycles. The quantitative estimate of drug-likeness (QED) is 0.542. The summed E-state index contributed by atoms with van der Waals surface area (Å²) in [6, 6.07) is 8.28. The standard InChI is InChI=1S/C18H22F2N4O3/c1-21-18(23-10-12-4-7-16(26-3)22-9-12)24-11-13-8-14(25-2)5-6-15(13)27-17(19)20/h4-9,17H,10-11H2,1-3H3,(H2,21,23,24). The van der Waals surface area contributed by atoms with Gasteiger partial charge in [-0.25, -0.2) is 4.98 Å². The number of aliphatic imine (C=N–C) groups is 1. The van der Waals surface area contributed by atoms with Crippen LogP contribution in [0.15, 0.2) is 41.5 Å². The lowest BCUT2D eigenvalue weighted by Gasteiger charge is -2.15. The number of alkyl halides is 2. The van der Waals surface area contributed by atoms with Gasteiger partial charge in [0.2, 0.25) is 5.88 Å². The molecule has 2 rings (SSSR count). The number of nitrogens with one attached hydrogen (secondary N) is 2. The summed E-state index contributed by atoms with van der Waals surface area (Å²) >= 11 is 0. The van der Waals surface area contributed by atoms with Crippen molar-refractivity contribution in [2.45, 2.75) is 19.7 Å². The first kappa shape index (κ1) is 20.2. The minimum absolute atomic E-state index is 0.0770. The van der Waals surface area contributed by atoms with Gasteiger partial charge in [-0.15, -0.1) is 0 Å². The molecule has 9 heteroatoms. The van der Waals surface area contributed by atoms with Gasteiger partial charge in [0, 0.05) is 38.0 Å². The molecule has 2 aromatic rings. The molecule has 0 atom stereocenters. The largest absolute Gasteiger partial charge is 0.497 e. The SMILES string of the molecule is CN=C(NCc1ccc(OC)nc1)NCc1cc(OC)ccc1OC(F)F. The third-order valence-corrected chi connectivity index (χ3v) is 3.62. The molecule has 0 spiro atoms. The maximum absolute atomic E-state index is 12.6. The monoisotopic (exact) mass is 380 g/mol. The topological polar surface area (TPSA) is 77.0 Å². The van der Waals surface area contributed by atoms with Crippen LogP contribution < -0.4 is 24.8 Å².